The van der Waals surface area contributed by atoms with Gasteiger partial charge in [0.1, 0.15) is 34.1 Å². The molecule has 1 amide bonds. The zero-order chi connectivity index (χ0) is 35.9. The summed E-state index contributed by atoms with van der Waals surface area (Å²) >= 11 is 12.1. The van der Waals surface area contributed by atoms with Crippen LogP contribution in [0.5, 0.6) is 0 Å². The van der Waals surface area contributed by atoms with Crippen molar-refractivity contribution in [3.63, 3.8) is 0 Å². The molecular formula is C34H28Cl2F2N8O4S. The molecule has 6 aromatic rings. The average molecular weight is 754 g/mol. The van der Waals surface area contributed by atoms with E-state index < -0.39 is 37.9 Å². The maximum atomic E-state index is 15.8. The number of piperazine rings is 1. The highest BCUT2D eigenvalue weighted by Crippen LogP contribution is 2.34. The Labute approximate surface area is 300 Å². The van der Waals surface area contributed by atoms with E-state index in [0.29, 0.717) is 60.5 Å². The van der Waals surface area contributed by atoms with Gasteiger partial charge in [0, 0.05) is 44.3 Å². The van der Waals surface area contributed by atoms with Gasteiger partial charge in [-0.3, -0.25) is 14.4 Å². The van der Waals surface area contributed by atoms with E-state index in [1.165, 1.54) is 24.5 Å². The molecule has 1 saturated heterocycles. The third-order valence-electron chi connectivity index (χ3n) is 8.52. The third kappa shape index (κ3) is 6.66. The molecule has 12 nitrogen and oxygen atoms in total. The van der Waals surface area contributed by atoms with E-state index in [4.69, 9.17) is 28.2 Å². The zero-order valence-corrected chi connectivity index (χ0v) is 28.9. The number of β-amino-alcohol motifs (C(OH)–C–C–N with tert-alkyl or cyclic N) is 1. The molecule has 51 heavy (non-hydrogen) atoms. The number of nitrogens with one attached hydrogen (secondary N) is 2. The van der Waals surface area contributed by atoms with Gasteiger partial charge in [0.2, 0.25) is 0 Å². The Morgan fingerprint density at radius 3 is 2.51 bits per heavy atom. The van der Waals surface area contributed by atoms with Crippen molar-refractivity contribution in [2.75, 3.05) is 49.4 Å². The molecule has 4 heterocycles. The highest BCUT2D eigenvalue weighted by Gasteiger charge is 2.26. The van der Waals surface area contributed by atoms with E-state index in [1.807, 2.05) is 24.3 Å². The second-order valence-electron chi connectivity index (χ2n) is 11.6. The lowest BCUT2D eigenvalue weighted by molar-refractivity contribution is 0.0616. The first-order valence-corrected chi connectivity index (χ1v) is 17.9. The summed E-state index contributed by atoms with van der Waals surface area (Å²) in [5.41, 5.74) is 0.419. The topological polar surface area (TPSA) is 146 Å². The van der Waals surface area contributed by atoms with Crippen LogP contribution in [0.25, 0.3) is 27.8 Å². The molecule has 3 N–H and O–H groups in total. The number of fused-ring (bicyclic) bond motifs is 2. The van der Waals surface area contributed by atoms with Crippen LogP contribution in [0.15, 0.2) is 84.1 Å². The number of hydrogen-bond donors (Lipinski definition) is 3. The molecule has 1 aliphatic heterocycles. The van der Waals surface area contributed by atoms with Gasteiger partial charge < -0.3 is 19.9 Å². The number of benzene rings is 3. The summed E-state index contributed by atoms with van der Waals surface area (Å²) in [6, 6.07) is 16.5. The molecular weight excluding hydrogens is 725 g/mol. The number of aliphatic hydroxyl groups excluding tert-OH is 1. The fourth-order valence-electron chi connectivity index (χ4n) is 5.94. The molecule has 17 heteroatoms. The lowest BCUT2D eigenvalue weighted by Crippen LogP contribution is -2.49. The first-order valence-electron chi connectivity index (χ1n) is 15.6. The first kappa shape index (κ1) is 34.5. The predicted molar refractivity (Wildman–Crippen MR) is 191 cm³/mol. The van der Waals surface area contributed by atoms with Gasteiger partial charge in [0.05, 0.1) is 38.9 Å². The van der Waals surface area contributed by atoms with E-state index in [0.717, 1.165) is 12.1 Å². The summed E-state index contributed by atoms with van der Waals surface area (Å²) in [7, 11) is -4.43. The Bertz CT molecular complexity index is 2420. The summed E-state index contributed by atoms with van der Waals surface area (Å²) in [6.07, 6.45) is 2.90. The van der Waals surface area contributed by atoms with E-state index in [9.17, 15) is 18.3 Å². The van der Waals surface area contributed by atoms with Gasteiger partial charge in [0.15, 0.2) is 11.6 Å². The smallest absolute Gasteiger partial charge is 0.263 e. The summed E-state index contributed by atoms with van der Waals surface area (Å²) in [5, 5.41) is 12.3. The molecule has 0 aliphatic carbocycles. The van der Waals surface area contributed by atoms with E-state index >= 15 is 8.78 Å². The van der Waals surface area contributed by atoms with Crippen molar-refractivity contribution in [1.82, 2.24) is 29.3 Å². The van der Waals surface area contributed by atoms with Crippen LogP contribution in [0, 0.1) is 11.6 Å². The number of anilines is 3. The van der Waals surface area contributed by atoms with Crippen molar-refractivity contribution in [1.29, 1.82) is 0 Å². The number of carbonyl (C=O) groups is 1. The number of nitrogens with zero attached hydrogens (tertiary/aromatic N) is 6. The SMILES string of the molecule is O=C(c1cn(-c2ccc3ncnc(Nc4c(F)ccc(NS(=O)(=O)c5cccc(Cl)c5Cl)c4F)c3n2)c2ccccc12)N1CCN(CCO)CC1. The van der Waals surface area contributed by atoms with Gasteiger partial charge in [-0.25, -0.2) is 32.2 Å². The van der Waals surface area contributed by atoms with Crippen LogP contribution in [0.2, 0.25) is 10.0 Å². The number of aliphatic hydroxyl groups is 1. The van der Waals surface area contributed by atoms with Crippen LogP contribution >= 0.6 is 23.2 Å². The van der Waals surface area contributed by atoms with Crippen LogP contribution < -0.4 is 10.0 Å². The van der Waals surface area contributed by atoms with Gasteiger partial charge in [-0.2, -0.15) is 0 Å². The van der Waals surface area contributed by atoms with Gasteiger partial charge in [-0.15, -0.1) is 0 Å². The largest absolute Gasteiger partial charge is 0.395 e. The number of amides is 1. The number of carbonyl (C=O) groups excluding carboxylic acids is 1. The molecule has 0 radical (unpaired) electrons. The lowest BCUT2D eigenvalue weighted by Gasteiger charge is -2.34. The third-order valence-corrected chi connectivity index (χ3v) is 10.9. The Morgan fingerprint density at radius 2 is 1.73 bits per heavy atom. The fourth-order valence-corrected chi connectivity index (χ4v) is 7.76. The number of pyridine rings is 1. The Hall–Kier alpha value is -4.93. The number of aromatic nitrogens is 4. The van der Waals surface area contributed by atoms with Crippen molar-refractivity contribution < 1.29 is 27.1 Å². The molecule has 1 aliphatic rings. The number of hydrogen-bond acceptors (Lipinski definition) is 9. The molecule has 0 saturated carbocycles. The van der Waals surface area contributed by atoms with E-state index in [1.54, 1.807) is 27.8 Å². The van der Waals surface area contributed by atoms with Crippen molar-refractivity contribution in [3.8, 4) is 5.82 Å². The van der Waals surface area contributed by atoms with Crippen LogP contribution in [0.3, 0.4) is 0 Å². The van der Waals surface area contributed by atoms with Gasteiger partial charge in [0.25, 0.3) is 15.9 Å². The average Bonchev–Trinajstić information content (AvgIpc) is 3.52. The van der Waals surface area contributed by atoms with Crippen LogP contribution in [-0.2, 0) is 10.0 Å². The Balaban J connectivity index is 1.23. The van der Waals surface area contributed by atoms with Gasteiger partial charge in [-0.1, -0.05) is 47.5 Å². The summed E-state index contributed by atoms with van der Waals surface area (Å²) in [5.74, 6) is -2.11. The van der Waals surface area contributed by atoms with Gasteiger partial charge in [-0.05, 0) is 42.5 Å². The molecule has 0 bridgehead atoms. The predicted octanol–water partition coefficient (Wildman–Crippen LogP) is 5.85. The Morgan fingerprint density at radius 1 is 0.941 bits per heavy atom. The first-order chi connectivity index (χ1) is 24.6. The maximum Gasteiger partial charge on any atom is 0.263 e. The number of para-hydroxylation sites is 1. The molecule has 0 spiro atoms. The lowest BCUT2D eigenvalue weighted by atomic mass is 10.1. The minimum atomic E-state index is -4.43. The number of halogens is 4. The molecule has 3 aromatic heterocycles. The highest BCUT2D eigenvalue weighted by molar-refractivity contribution is 7.92. The van der Waals surface area contributed by atoms with E-state index in [-0.39, 0.29) is 33.9 Å². The van der Waals surface area contributed by atoms with E-state index in [2.05, 4.69) is 24.9 Å². The second kappa shape index (κ2) is 14.0. The van der Waals surface area contributed by atoms with Crippen molar-refractivity contribution in [2.45, 2.75) is 4.90 Å². The van der Waals surface area contributed by atoms with Crippen LogP contribution in [0.1, 0.15) is 10.4 Å². The maximum absolute atomic E-state index is 15.8. The fraction of sp³-hybridized carbons (Fsp3) is 0.176. The minimum Gasteiger partial charge on any atom is -0.395 e. The second-order valence-corrected chi connectivity index (χ2v) is 14.0. The molecule has 3 aromatic carbocycles. The van der Waals surface area contributed by atoms with Crippen molar-refractivity contribution >= 4 is 78.3 Å². The summed E-state index contributed by atoms with van der Waals surface area (Å²) < 4.78 is 61.0. The Kier molecular flexibility index (Phi) is 9.48. The van der Waals surface area contributed by atoms with Crippen molar-refractivity contribution in [2.24, 2.45) is 0 Å². The monoisotopic (exact) mass is 752 g/mol. The molecule has 0 unspecified atom stereocenters. The number of sulfonamides is 1. The number of rotatable bonds is 9. The summed E-state index contributed by atoms with van der Waals surface area (Å²) in [4.78, 5) is 30.4. The minimum absolute atomic E-state index is 0.0203. The molecule has 0 atom stereocenters. The molecule has 1 fully saturated rings. The van der Waals surface area contributed by atoms with Crippen LogP contribution in [0.4, 0.5) is 26.0 Å². The molecule has 7 rings (SSSR count). The quantitative estimate of drug-likeness (QED) is 0.166. The standard InChI is InChI=1S/C34H28Cl2F2N8O4S/c35-22-5-3-7-27(29(22)36)51(49,50)43-24-9-8-23(37)31(30(24)38)42-33-32-25(39-19-40-33)10-11-28(41-32)46-18-21(20-4-1-2-6-26(20)46)34(48)45-14-12-44(13-15-45)16-17-47/h1-11,18-19,43,47H,12-17H2,(H,39,40,42). The van der Waals surface area contributed by atoms with Gasteiger partial charge >= 0.3 is 0 Å². The summed E-state index contributed by atoms with van der Waals surface area (Å²) in [6.45, 7) is 2.95. The molecule has 262 valence electrons. The zero-order valence-electron chi connectivity index (χ0n) is 26.5. The van der Waals surface area contributed by atoms with Crippen molar-refractivity contribution in [3.05, 3.63) is 106 Å². The van der Waals surface area contributed by atoms with Crippen LogP contribution in [-0.4, -0.2) is 88.1 Å². The highest BCUT2D eigenvalue weighted by atomic mass is 35.5. The normalized spacial score (nSPS) is 13.9.